The third-order valence-corrected chi connectivity index (χ3v) is 7.60. The van der Waals surface area contributed by atoms with Crippen molar-refractivity contribution in [3.63, 3.8) is 0 Å². The first-order valence-corrected chi connectivity index (χ1v) is 14.9. The summed E-state index contributed by atoms with van der Waals surface area (Å²) in [5, 5.41) is 31.5. The largest absolute Gasteiger partial charge is 0.463 e. The number of nitrogens with two attached hydrogens (primary N) is 1. The number of aromatic amines is 1. The van der Waals surface area contributed by atoms with Crippen molar-refractivity contribution in [2.45, 2.75) is 109 Å². The third kappa shape index (κ3) is 8.57. The third-order valence-electron chi connectivity index (χ3n) is 7.60. The van der Waals surface area contributed by atoms with E-state index in [-0.39, 0.29) is 29.6 Å². The number of nitrogens with one attached hydrogen (secondary N) is 3. The number of amidine groups is 1. The maximum atomic E-state index is 13.4. The Morgan fingerprint density at radius 2 is 1.98 bits per heavy atom. The average Bonchev–Trinajstić information content (AvgIpc) is 3.54. The Kier molecular flexibility index (Phi) is 11.5. The van der Waals surface area contributed by atoms with Crippen molar-refractivity contribution in [2.75, 3.05) is 6.61 Å². The number of aliphatic hydroxyl groups is 1. The predicted octanol–water partition coefficient (Wildman–Crippen LogP) is 2.78. The van der Waals surface area contributed by atoms with E-state index in [2.05, 4.69) is 15.3 Å². The highest BCUT2D eigenvalue weighted by Crippen LogP contribution is 2.41. The lowest BCUT2D eigenvalue weighted by Crippen LogP contribution is -2.50. The van der Waals surface area contributed by atoms with Gasteiger partial charge in [0, 0.05) is 6.42 Å². The molecule has 0 unspecified atom stereocenters. The summed E-state index contributed by atoms with van der Waals surface area (Å²) in [7, 11) is 0. The molecule has 1 aromatic rings. The van der Waals surface area contributed by atoms with Gasteiger partial charge in [0.15, 0.2) is 6.10 Å². The first-order valence-electron chi connectivity index (χ1n) is 14.9. The lowest BCUT2D eigenvalue weighted by molar-refractivity contribution is -0.163. The van der Waals surface area contributed by atoms with Crippen LogP contribution in [0.4, 0.5) is 4.79 Å². The molecule has 242 valence electrons. The highest BCUT2D eigenvalue weighted by atomic mass is 16.6. The number of ether oxygens (including phenoxy) is 4. The molecule has 2 fully saturated rings. The second-order valence-electron chi connectivity index (χ2n) is 12.5. The lowest BCUT2D eigenvalue weighted by Gasteiger charge is -2.28. The van der Waals surface area contributed by atoms with Crippen LogP contribution in [-0.4, -0.2) is 76.9 Å². The Morgan fingerprint density at radius 3 is 2.57 bits per heavy atom. The summed E-state index contributed by atoms with van der Waals surface area (Å²) >= 11 is 0. The van der Waals surface area contributed by atoms with E-state index in [1.54, 1.807) is 34.6 Å². The molecule has 1 aromatic heterocycles. The Bertz CT molecular complexity index is 1260. The van der Waals surface area contributed by atoms with Crippen LogP contribution < -0.4 is 11.1 Å². The molecule has 3 rings (SSSR count). The van der Waals surface area contributed by atoms with E-state index >= 15 is 0 Å². The van der Waals surface area contributed by atoms with Crippen LogP contribution in [0.15, 0.2) is 17.1 Å². The van der Waals surface area contributed by atoms with Crippen LogP contribution in [0.25, 0.3) is 0 Å². The number of nitriles is 1. The van der Waals surface area contributed by atoms with Gasteiger partial charge in [0.1, 0.15) is 48.7 Å². The number of nitrogens with zero attached hydrogens (tertiary/aromatic N) is 2. The van der Waals surface area contributed by atoms with E-state index in [1.807, 2.05) is 6.07 Å². The molecule has 2 heterocycles. The van der Waals surface area contributed by atoms with E-state index in [9.17, 15) is 24.8 Å². The average molecular weight is 617 g/mol. The monoisotopic (exact) mass is 616 g/mol. The zero-order valence-electron chi connectivity index (χ0n) is 25.9. The maximum Gasteiger partial charge on any atom is 0.408 e. The normalized spacial score (nSPS) is 25.1. The van der Waals surface area contributed by atoms with E-state index < -0.39 is 66.1 Å². The van der Waals surface area contributed by atoms with Crippen LogP contribution in [0.3, 0.4) is 0 Å². The molecule has 6 N–H and O–H groups in total. The van der Waals surface area contributed by atoms with Gasteiger partial charge in [-0.25, -0.2) is 14.6 Å². The maximum absolute atomic E-state index is 13.4. The fourth-order valence-corrected chi connectivity index (χ4v) is 5.36. The number of alkyl carbamates (subject to hydrolysis) is 1. The minimum Gasteiger partial charge on any atom is -0.463 e. The number of hydrogen-bond acceptors (Lipinski definition) is 10. The van der Waals surface area contributed by atoms with Gasteiger partial charge in [0.25, 0.3) is 0 Å². The summed E-state index contributed by atoms with van der Waals surface area (Å²) in [6, 6.07) is 3.75. The minimum atomic E-state index is -2.08. The summed E-state index contributed by atoms with van der Waals surface area (Å²) in [4.78, 5) is 45.2. The van der Waals surface area contributed by atoms with Crippen molar-refractivity contribution in [2.24, 2.45) is 22.6 Å². The van der Waals surface area contributed by atoms with Gasteiger partial charge in [0.2, 0.25) is 5.60 Å². The molecule has 5 atom stereocenters. The van der Waals surface area contributed by atoms with Gasteiger partial charge in [-0.2, -0.15) is 5.26 Å². The predicted molar refractivity (Wildman–Crippen MR) is 158 cm³/mol. The molecule has 0 radical (unpaired) electrons. The molecule has 1 aliphatic heterocycles. The second-order valence-corrected chi connectivity index (χ2v) is 12.5. The van der Waals surface area contributed by atoms with Gasteiger partial charge in [-0.3, -0.25) is 10.2 Å². The molecular weight excluding hydrogens is 572 g/mol. The summed E-state index contributed by atoms with van der Waals surface area (Å²) in [6.07, 6.45) is 0.813. The number of carbonyl (C=O) groups is 3. The molecule has 1 amide bonds. The molecule has 14 heteroatoms. The Labute approximate surface area is 257 Å². The summed E-state index contributed by atoms with van der Waals surface area (Å²) in [5.74, 6) is -1.63. The number of carbonyl (C=O) groups excluding carboxylic acids is 3. The Hall–Kier alpha value is -3.96. The number of esters is 2. The minimum absolute atomic E-state index is 0.0454. The quantitative estimate of drug-likeness (QED) is 0.106. The van der Waals surface area contributed by atoms with E-state index in [1.165, 1.54) is 12.1 Å². The van der Waals surface area contributed by atoms with Gasteiger partial charge in [-0.1, -0.05) is 33.1 Å². The van der Waals surface area contributed by atoms with Gasteiger partial charge in [-0.15, -0.1) is 0 Å². The summed E-state index contributed by atoms with van der Waals surface area (Å²) in [6.45, 7) is 8.02. The molecule has 14 nitrogen and oxygen atoms in total. The molecule has 0 bridgehead atoms. The number of aromatic nitrogens is 1. The molecule has 44 heavy (non-hydrogen) atoms. The molecule has 1 saturated heterocycles. The smallest absolute Gasteiger partial charge is 0.408 e. The Balaban J connectivity index is 1.87. The second kappa shape index (κ2) is 14.7. The van der Waals surface area contributed by atoms with E-state index in [4.69, 9.17) is 30.1 Å². The number of aliphatic hydroxyl groups excluding tert-OH is 1. The molecule has 1 aliphatic carbocycles. The van der Waals surface area contributed by atoms with Crippen molar-refractivity contribution in [1.82, 2.24) is 10.3 Å². The van der Waals surface area contributed by atoms with Crippen LogP contribution in [0.2, 0.25) is 0 Å². The molecule has 1 saturated carbocycles. The van der Waals surface area contributed by atoms with Crippen LogP contribution >= 0.6 is 0 Å². The van der Waals surface area contributed by atoms with E-state index in [0.717, 1.165) is 38.4 Å². The van der Waals surface area contributed by atoms with Crippen LogP contribution in [-0.2, 0) is 34.1 Å². The van der Waals surface area contributed by atoms with Crippen molar-refractivity contribution in [1.29, 1.82) is 10.7 Å². The van der Waals surface area contributed by atoms with Crippen molar-refractivity contribution in [3.8, 4) is 6.07 Å². The summed E-state index contributed by atoms with van der Waals surface area (Å²) < 4.78 is 22.6. The van der Waals surface area contributed by atoms with Crippen LogP contribution in [0.1, 0.15) is 84.5 Å². The number of amides is 1. The molecule has 2 aliphatic rings. The molecular formula is C30H44N6O8. The first kappa shape index (κ1) is 34.5. The van der Waals surface area contributed by atoms with Gasteiger partial charge in [0.05, 0.1) is 11.4 Å². The number of hydrogen-bond donors (Lipinski definition) is 5. The SMILES string of the molecule is CC(C)[C@H](NC(=O)OC(C)(C)C)C(=O)O[C@H]1[C@@H](O)[C@](C#N)(c2ccc(/C(N)=N\C=N)[nH]2)O[C@@H]1COC(=O)CC1CCCCC1. The Morgan fingerprint density at radius 1 is 1.30 bits per heavy atom. The van der Waals surface area contributed by atoms with Crippen molar-refractivity contribution in [3.05, 3.63) is 23.5 Å². The zero-order chi connectivity index (χ0) is 32.7. The number of aliphatic imine (C=N–C) groups is 1. The van der Waals surface area contributed by atoms with Crippen molar-refractivity contribution < 1.29 is 38.4 Å². The van der Waals surface area contributed by atoms with Crippen LogP contribution in [0.5, 0.6) is 0 Å². The highest BCUT2D eigenvalue weighted by Gasteiger charge is 2.59. The fraction of sp³-hybridized carbons (Fsp3) is 0.667. The lowest BCUT2D eigenvalue weighted by atomic mass is 9.87. The van der Waals surface area contributed by atoms with E-state index in [0.29, 0.717) is 0 Å². The van der Waals surface area contributed by atoms with Gasteiger partial charge in [-0.05, 0) is 57.6 Å². The topological polar surface area (TPSA) is 222 Å². The van der Waals surface area contributed by atoms with Crippen LogP contribution in [0, 0.1) is 28.6 Å². The standard InChI is InChI=1S/C30H44N6O8/c1-17(2)23(36-28(40)44-29(3,4)5)27(39)42-24-20(14-41-22(37)13-18-9-7-6-8-10-18)43-30(15-31,25(24)38)21-12-11-19(35-21)26(33)34-16-32/h11-12,16-18,20,23-25,35,38H,6-10,13-14H2,1-5H3,(H,36,40)(H3,32,33,34)/t20-,23+,24-,25-,30+/m1/s1. The zero-order valence-corrected chi connectivity index (χ0v) is 25.9. The summed E-state index contributed by atoms with van der Waals surface area (Å²) in [5.41, 5.74) is 3.30. The van der Waals surface area contributed by atoms with Gasteiger partial charge < -0.3 is 40.1 Å². The molecule has 0 spiro atoms. The van der Waals surface area contributed by atoms with Gasteiger partial charge >= 0.3 is 18.0 Å². The highest BCUT2D eigenvalue weighted by molar-refractivity contribution is 5.99. The first-order chi connectivity index (χ1) is 20.7. The number of rotatable bonds is 11. The number of H-pyrrole nitrogens is 1. The fourth-order valence-electron chi connectivity index (χ4n) is 5.36. The van der Waals surface area contributed by atoms with Crippen molar-refractivity contribution >= 4 is 30.2 Å². The molecule has 0 aromatic carbocycles.